The average Bonchev–Trinajstić information content (AvgIpc) is 3.15. The highest BCUT2D eigenvalue weighted by atomic mass is 32.2. The van der Waals surface area contributed by atoms with Gasteiger partial charge in [0.15, 0.2) is 11.5 Å². The monoisotopic (exact) mass is 446 g/mol. The smallest absolute Gasteiger partial charge is 0.338 e. The summed E-state index contributed by atoms with van der Waals surface area (Å²) in [5, 5.41) is 8.54. The van der Waals surface area contributed by atoms with E-state index in [1.807, 2.05) is 39.0 Å². The molecule has 1 unspecified atom stereocenters. The molecule has 0 saturated carbocycles. The molecule has 1 atom stereocenters. The number of carbonyl (C=O) groups excluding carboxylic acids is 1. The highest BCUT2D eigenvalue weighted by Crippen LogP contribution is 2.39. The second-order valence-electron chi connectivity index (χ2n) is 6.99. The summed E-state index contributed by atoms with van der Waals surface area (Å²) >= 11 is 1.55. The maximum absolute atomic E-state index is 13.1. The Balaban J connectivity index is 2.08. The third-order valence-corrected chi connectivity index (χ3v) is 5.58. The SMILES string of the molecule is CCCCOC(=O)C1=C(C)Nc2nc(SCC)nn2C1c1ccc(OCC)c(OC)c1. The fourth-order valence-electron chi connectivity index (χ4n) is 3.41. The minimum absolute atomic E-state index is 0.359. The van der Waals surface area contributed by atoms with Crippen LogP contribution in [0.4, 0.5) is 5.95 Å². The van der Waals surface area contributed by atoms with Gasteiger partial charge in [0.1, 0.15) is 6.04 Å². The van der Waals surface area contributed by atoms with Crippen molar-refractivity contribution in [1.82, 2.24) is 14.8 Å². The van der Waals surface area contributed by atoms with Crippen LogP contribution in [0, 0.1) is 0 Å². The standard InChI is InChI=1S/C22H30N4O4S/c1-6-9-12-30-20(27)18-14(4)23-21-24-22(31-8-3)25-26(21)19(18)15-10-11-16(29-7-2)17(13-15)28-5/h10-11,13,19H,6-9,12H2,1-5H3,(H,23,24,25). The van der Waals surface area contributed by atoms with Gasteiger partial charge in [-0.05, 0) is 43.7 Å². The van der Waals surface area contributed by atoms with Gasteiger partial charge in [-0.25, -0.2) is 9.48 Å². The lowest BCUT2D eigenvalue weighted by molar-refractivity contribution is -0.139. The molecule has 1 aromatic heterocycles. The van der Waals surface area contributed by atoms with E-state index >= 15 is 0 Å². The first-order valence-electron chi connectivity index (χ1n) is 10.6. The van der Waals surface area contributed by atoms with Crippen LogP contribution in [0.1, 0.15) is 52.1 Å². The van der Waals surface area contributed by atoms with Crippen molar-refractivity contribution in [2.24, 2.45) is 0 Å². The Kier molecular flexibility index (Phi) is 7.84. The molecule has 8 nitrogen and oxygen atoms in total. The van der Waals surface area contributed by atoms with Crippen LogP contribution in [-0.2, 0) is 9.53 Å². The lowest BCUT2D eigenvalue weighted by Crippen LogP contribution is -2.29. The number of allylic oxidation sites excluding steroid dienone is 1. The van der Waals surface area contributed by atoms with E-state index < -0.39 is 6.04 Å². The van der Waals surface area contributed by atoms with E-state index in [0.717, 1.165) is 24.2 Å². The molecule has 0 saturated heterocycles. The van der Waals surface area contributed by atoms with Crippen molar-refractivity contribution in [3.63, 3.8) is 0 Å². The first kappa shape index (κ1) is 23.0. The number of aromatic nitrogens is 3. The van der Waals surface area contributed by atoms with Gasteiger partial charge >= 0.3 is 5.97 Å². The van der Waals surface area contributed by atoms with Gasteiger partial charge in [0.05, 0.1) is 25.9 Å². The summed E-state index contributed by atoms with van der Waals surface area (Å²) < 4.78 is 18.5. The molecule has 0 spiro atoms. The summed E-state index contributed by atoms with van der Waals surface area (Å²) in [6.45, 7) is 8.80. The van der Waals surface area contributed by atoms with E-state index in [4.69, 9.17) is 14.2 Å². The van der Waals surface area contributed by atoms with Gasteiger partial charge in [-0.2, -0.15) is 4.98 Å². The highest BCUT2D eigenvalue weighted by molar-refractivity contribution is 7.99. The second-order valence-corrected chi connectivity index (χ2v) is 8.23. The molecule has 9 heteroatoms. The molecule has 1 aromatic carbocycles. The van der Waals surface area contributed by atoms with Crippen molar-refractivity contribution in [1.29, 1.82) is 0 Å². The maximum atomic E-state index is 13.1. The van der Waals surface area contributed by atoms with Crippen LogP contribution >= 0.6 is 11.8 Å². The maximum Gasteiger partial charge on any atom is 0.338 e. The number of benzene rings is 1. The highest BCUT2D eigenvalue weighted by Gasteiger charge is 2.35. The number of rotatable bonds is 10. The Labute approximate surface area is 187 Å². The molecule has 1 aliphatic heterocycles. The summed E-state index contributed by atoms with van der Waals surface area (Å²) in [5.74, 6) is 2.33. The molecular weight excluding hydrogens is 416 g/mol. The number of hydrogen-bond acceptors (Lipinski definition) is 8. The second kappa shape index (κ2) is 10.6. The minimum atomic E-state index is -0.492. The third-order valence-electron chi connectivity index (χ3n) is 4.86. The fraction of sp³-hybridized carbons (Fsp3) is 0.500. The van der Waals surface area contributed by atoms with E-state index in [1.165, 1.54) is 0 Å². The molecule has 1 N–H and O–H groups in total. The zero-order chi connectivity index (χ0) is 22.4. The summed E-state index contributed by atoms with van der Waals surface area (Å²) in [5.41, 5.74) is 2.04. The van der Waals surface area contributed by atoms with Gasteiger partial charge in [0, 0.05) is 5.70 Å². The summed E-state index contributed by atoms with van der Waals surface area (Å²) in [4.78, 5) is 17.7. The molecule has 1 aliphatic rings. The lowest BCUT2D eigenvalue weighted by Gasteiger charge is -2.28. The molecule has 31 heavy (non-hydrogen) atoms. The molecule has 0 fully saturated rings. The van der Waals surface area contributed by atoms with Gasteiger partial charge in [0.25, 0.3) is 0 Å². The number of esters is 1. The number of hydrogen-bond donors (Lipinski definition) is 1. The van der Waals surface area contributed by atoms with Crippen LogP contribution in [0.25, 0.3) is 0 Å². The number of nitrogens with one attached hydrogen (secondary N) is 1. The van der Waals surface area contributed by atoms with Crippen LogP contribution in [0.2, 0.25) is 0 Å². The summed E-state index contributed by atoms with van der Waals surface area (Å²) in [7, 11) is 1.60. The number of anilines is 1. The van der Waals surface area contributed by atoms with E-state index in [1.54, 1.807) is 23.6 Å². The van der Waals surface area contributed by atoms with Crippen molar-refractivity contribution >= 4 is 23.7 Å². The Morgan fingerprint density at radius 3 is 2.74 bits per heavy atom. The van der Waals surface area contributed by atoms with E-state index in [-0.39, 0.29) is 5.97 Å². The number of thioether (sulfide) groups is 1. The van der Waals surface area contributed by atoms with Crippen molar-refractivity contribution in [2.45, 2.75) is 51.7 Å². The van der Waals surface area contributed by atoms with Gasteiger partial charge in [-0.15, -0.1) is 5.10 Å². The topological polar surface area (TPSA) is 87.5 Å². The van der Waals surface area contributed by atoms with Gasteiger partial charge in [-0.1, -0.05) is 38.1 Å². The first-order chi connectivity index (χ1) is 15.0. The van der Waals surface area contributed by atoms with Crippen molar-refractivity contribution < 1.29 is 19.0 Å². The van der Waals surface area contributed by atoms with Gasteiger partial charge in [-0.3, -0.25) is 0 Å². The van der Waals surface area contributed by atoms with Crippen LogP contribution in [0.3, 0.4) is 0 Å². The minimum Gasteiger partial charge on any atom is -0.493 e. The van der Waals surface area contributed by atoms with Crippen molar-refractivity contribution in [3.8, 4) is 11.5 Å². The quantitative estimate of drug-likeness (QED) is 0.326. The van der Waals surface area contributed by atoms with Crippen molar-refractivity contribution in [2.75, 3.05) is 31.4 Å². The molecule has 0 radical (unpaired) electrons. The van der Waals surface area contributed by atoms with Crippen LogP contribution in [-0.4, -0.2) is 46.8 Å². The first-order valence-corrected chi connectivity index (χ1v) is 11.6. The molecular formula is C22H30N4O4S. The van der Waals surface area contributed by atoms with E-state index in [2.05, 4.69) is 22.3 Å². The number of fused-ring (bicyclic) bond motifs is 1. The predicted molar refractivity (Wildman–Crippen MR) is 121 cm³/mol. The zero-order valence-corrected chi connectivity index (χ0v) is 19.5. The third kappa shape index (κ3) is 4.98. The van der Waals surface area contributed by atoms with Gasteiger partial charge < -0.3 is 19.5 Å². The average molecular weight is 447 g/mol. The summed E-state index contributed by atoms with van der Waals surface area (Å²) in [6, 6.07) is 5.17. The van der Waals surface area contributed by atoms with E-state index in [9.17, 15) is 4.79 Å². The number of methoxy groups -OCH3 is 1. The Morgan fingerprint density at radius 2 is 2.06 bits per heavy atom. The number of nitrogens with zero attached hydrogens (tertiary/aromatic N) is 3. The molecule has 168 valence electrons. The zero-order valence-electron chi connectivity index (χ0n) is 18.7. The number of unbranched alkanes of at least 4 members (excludes halogenated alkanes) is 1. The molecule has 0 bridgehead atoms. The number of ether oxygens (including phenoxy) is 3. The normalized spacial score (nSPS) is 15.3. The Hall–Kier alpha value is -2.68. The van der Waals surface area contributed by atoms with Gasteiger partial charge in [0.2, 0.25) is 11.1 Å². The number of carbonyl (C=O) groups is 1. The molecule has 0 aliphatic carbocycles. The molecule has 2 heterocycles. The molecule has 3 rings (SSSR count). The lowest BCUT2D eigenvalue weighted by atomic mass is 9.95. The largest absolute Gasteiger partial charge is 0.493 e. The van der Waals surface area contributed by atoms with E-state index in [0.29, 0.717) is 47.1 Å². The van der Waals surface area contributed by atoms with Crippen LogP contribution in [0.15, 0.2) is 34.6 Å². The summed E-state index contributed by atoms with van der Waals surface area (Å²) in [6.07, 6.45) is 1.77. The Bertz CT molecular complexity index is 957. The van der Waals surface area contributed by atoms with Crippen LogP contribution in [0.5, 0.6) is 11.5 Å². The molecule has 2 aromatic rings. The fourth-order valence-corrected chi connectivity index (χ4v) is 3.97. The van der Waals surface area contributed by atoms with Crippen molar-refractivity contribution in [3.05, 3.63) is 35.0 Å². The van der Waals surface area contributed by atoms with Crippen LogP contribution < -0.4 is 14.8 Å². The predicted octanol–water partition coefficient (Wildman–Crippen LogP) is 4.43. The molecule has 0 amide bonds. The Morgan fingerprint density at radius 1 is 1.26 bits per heavy atom.